The van der Waals surface area contributed by atoms with Crippen molar-refractivity contribution in [3.8, 4) is 22.8 Å². The van der Waals surface area contributed by atoms with Crippen LogP contribution in [0.4, 0.5) is 11.5 Å². The molecule has 25 heavy (non-hydrogen) atoms. The number of fused-ring (bicyclic) bond motifs is 3. The van der Waals surface area contributed by atoms with Crippen LogP contribution in [0.5, 0.6) is 11.5 Å². The van der Waals surface area contributed by atoms with Crippen molar-refractivity contribution >= 4 is 11.5 Å². The number of hydrogen-bond donors (Lipinski definition) is 3. The first kappa shape index (κ1) is 15.5. The summed E-state index contributed by atoms with van der Waals surface area (Å²) in [5.74, 6) is 2.28. The number of H-pyrrole nitrogens is 1. The van der Waals surface area contributed by atoms with Gasteiger partial charge in [-0.3, -0.25) is 5.10 Å². The molecule has 3 aromatic rings. The Morgan fingerprint density at radius 3 is 2.72 bits per heavy atom. The summed E-state index contributed by atoms with van der Waals surface area (Å²) < 4.78 is 10.8. The van der Waals surface area contributed by atoms with E-state index in [-0.39, 0.29) is 6.61 Å². The molecule has 2 aromatic carbocycles. The number of aliphatic hydroxyl groups is 1. The number of aromatic nitrogens is 2. The SMILES string of the molecule is COc1cc2c(cc1OC)-c1n[nH]c(Nc3cccc(CO)c3)c1C2. The van der Waals surface area contributed by atoms with Gasteiger partial charge in [0.2, 0.25) is 0 Å². The summed E-state index contributed by atoms with van der Waals surface area (Å²) in [4.78, 5) is 0. The van der Waals surface area contributed by atoms with E-state index in [2.05, 4.69) is 15.5 Å². The van der Waals surface area contributed by atoms with Crippen molar-refractivity contribution in [3.05, 3.63) is 53.1 Å². The van der Waals surface area contributed by atoms with Gasteiger partial charge in [0, 0.05) is 23.2 Å². The average molecular weight is 337 g/mol. The van der Waals surface area contributed by atoms with E-state index in [0.717, 1.165) is 51.6 Å². The highest BCUT2D eigenvalue weighted by Crippen LogP contribution is 2.44. The second-order valence-corrected chi connectivity index (χ2v) is 5.95. The van der Waals surface area contributed by atoms with Gasteiger partial charge in [-0.1, -0.05) is 12.1 Å². The van der Waals surface area contributed by atoms with Gasteiger partial charge < -0.3 is 19.9 Å². The molecule has 0 atom stereocenters. The number of hydrogen-bond acceptors (Lipinski definition) is 5. The zero-order valence-electron chi connectivity index (χ0n) is 14.1. The Balaban J connectivity index is 1.69. The van der Waals surface area contributed by atoms with Crippen molar-refractivity contribution in [1.82, 2.24) is 10.2 Å². The third kappa shape index (κ3) is 2.60. The number of nitrogens with zero attached hydrogens (tertiary/aromatic N) is 1. The van der Waals surface area contributed by atoms with Crippen LogP contribution in [0.3, 0.4) is 0 Å². The number of ether oxygens (including phenoxy) is 2. The molecule has 0 bridgehead atoms. The Kier molecular flexibility index (Phi) is 3.82. The van der Waals surface area contributed by atoms with Gasteiger partial charge in [0.25, 0.3) is 0 Å². The summed E-state index contributed by atoms with van der Waals surface area (Å²) in [5, 5.41) is 20.2. The molecule has 6 nitrogen and oxygen atoms in total. The first-order valence-electron chi connectivity index (χ1n) is 8.02. The van der Waals surface area contributed by atoms with E-state index in [1.54, 1.807) is 14.2 Å². The van der Waals surface area contributed by atoms with Crippen molar-refractivity contribution < 1.29 is 14.6 Å². The fourth-order valence-electron chi connectivity index (χ4n) is 3.23. The monoisotopic (exact) mass is 337 g/mol. The maximum absolute atomic E-state index is 9.29. The lowest BCUT2D eigenvalue weighted by atomic mass is 10.1. The Hall–Kier alpha value is -2.99. The molecule has 4 rings (SSSR count). The summed E-state index contributed by atoms with van der Waals surface area (Å²) >= 11 is 0. The van der Waals surface area contributed by atoms with Gasteiger partial charge in [-0.15, -0.1) is 0 Å². The number of rotatable bonds is 5. The van der Waals surface area contributed by atoms with Crippen LogP contribution in [0.2, 0.25) is 0 Å². The Bertz CT molecular complexity index is 934. The average Bonchev–Trinajstić information content (AvgIpc) is 3.20. The fourth-order valence-corrected chi connectivity index (χ4v) is 3.23. The van der Waals surface area contributed by atoms with E-state index in [4.69, 9.17) is 9.47 Å². The minimum Gasteiger partial charge on any atom is -0.493 e. The molecule has 0 unspecified atom stereocenters. The van der Waals surface area contributed by atoms with E-state index in [1.807, 2.05) is 36.4 Å². The number of aromatic amines is 1. The van der Waals surface area contributed by atoms with Crippen LogP contribution in [0.1, 0.15) is 16.7 Å². The van der Waals surface area contributed by atoms with Crippen molar-refractivity contribution in [2.75, 3.05) is 19.5 Å². The molecule has 0 amide bonds. The molecule has 1 aromatic heterocycles. The molecule has 0 saturated heterocycles. The Morgan fingerprint density at radius 1 is 1.16 bits per heavy atom. The zero-order valence-corrected chi connectivity index (χ0v) is 14.1. The maximum atomic E-state index is 9.29. The molecular formula is C19H19N3O3. The van der Waals surface area contributed by atoms with Gasteiger partial charge in [0.15, 0.2) is 11.5 Å². The molecule has 0 spiro atoms. The fraction of sp³-hybridized carbons (Fsp3) is 0.211. The van der Waals surface area contributed by atoms with Gasteiger partial charge in [-0.2, -0.15) is 5.10 Å². The summed E-state index contributed by atoms with van der Waals surface area (Å²) in [7, 11) is 3.27. The molecular weight excluding hydrogens is 318 g/mol. The van der Waals surface area contributed by atoms with Gasteiger partial charge in [-0.05, 0) is 35.4 Å². The molecule has 0 saturated carbocycles. The molecule has 0 aliphatic heterocycles. The summed E-state index contributed by atoms with van der Waals surface area (Å²) in [6.45, 7) is 0.0155. The minimum absolute atomic E-state index is 0.0155. The van der Waals surface area contributed by atoms with Crippen LogP contribution in [0.25, 0.3) is 11.3 Å². The van der Waals surface area contributed by atoms with Crippen molar-refractivity contribution in [1.29, 1.82) is 0 Å². The predicted octanol–water partition coefficient (Wildman–Crippen LogP) is 3.23. The van der Waals surface area contributed by atoms with Gasteiger partial charge in [0.05, 0.1) is 26.5 Å². The zero-order chi connectivity index (χ0) is 17.4. The number of benzene rings is 2. The Labute approximate surface area is 145 Å². The molecule has 1 heterocycles. The van der Waals surface area contributed by atoms with E-state index in [9.17, 15) is 5.11 Å². The first-order valence-corrected chi connectivity index (χ1v) is 8.02. The highest BCUT2D eigenvalue weighted by atomic mass is 16.5. The Morgan fingerprint density at radius 2 is 1.96 bits per heavy atom. The van der Waals surface area contributed by atoms with Crippen LogP contribution in [-0.4, -0.2) is 29.5 Å². The molecule has 3 N–H and O–H groups in total. The van der Waals surface area contributed by atoms with Crippen LogP contribution >= 0.6 is 0 Å². The van der Waals surface area contributed by atoms with E-state index in [1.165, 1.54) is 0 Å². The second-order valence-electron chi connectivity index (χ2n) is 5.95. The molecule has 1 aliphatic rings. The molecule has 128 valence electrons. The van der Waals surface area contributed by atoms with Gasteiger partial charge >= 0.3 is 0 Å². The van der Waals surface area contributed by atoms with Crippen molar-refractivity contribution in [2.45, 2.75) is 13.0 Å². The molecule has 0 fully saturated rings. The van der Waals surface area contributed by atoms with Crippen LogP contribution in [-0.2, 0) is 13.0 Å². The number of nitrogens with one attached hydrogen (secondary N) is 2. The number of methoxy groups -OCH3 is 2. The minimum atomic E-state index is 0.0155. The number of aliphatic hydroxyl groups excluding tert-OH is 1. The lowest BCUT2D eigenvalue weighted by molar-refractivity contribution is 0.282. The third-order valence-electron chi connectivity index (χ3n) is 4.48. The smallest absolute Gasteiger partial charge is 0.161 e. The van der Waals surface area contributed by atoms with E-state index >= 15 is 0 Å². The lowest BCUT2D eigenvalue weighted by Gasteiger charge is -2.10. The topological polar surface area (TPSA) is 79.4 Å². The summed E-state index contributed by atoms with van der Waals surface area (Å²) in [6, 6.07) is 11.6. The maximum Gasteiger partial charge on any atom is 0.161 e. The van der Waals surface area contributed by atoms with Crippen LogP contribution < -0.4 is 14.8 Å². The molecule has 0 radical (unpaired) electrons. The van der Waals surface area contributed by atoms with Crippen LogP contribution in [0, 0.1) is 0 Å². The quantitative estimate of drug-likeness (QED) is 0.521. The number of anilines is 2. The molecule has 1 aliphatic carbocycles. The normalized spacial score (nSPS) is 11.8. The van der Waals surface area contributed by atoms with E-state index in [0.29, 0.717) is 5.75 Å². The van der Waals surface area contributed by atoms with Gasteiger partial charge in [0.1, 0.15) is 5.82 Å². The second kappa shape index (κ2) is 6.14. The van der Waals surface area contributed by atoms with Crippen LogP contribution in [0.15, 0.2) is 36.4 Å². The lowest BCUT2D eigenvalue weighted by Crippen LogP contribution is -1.96. The first-order chi connectivity index (χ1) is 12.2. The molecule has 6 heteroatoms. The predicted molar refractivity (Wildman–Crippen MR) is 95.6 cm³/mol. The van der Waals surface area contributed by atoms with Crippen molar-refractivity contribution in [3.63, 3.8) is 0 Å². The standard InChI is InChI=1S/C19H19N3O3/c1-24-16-8-12-7-15-18(14(12)9-17(16)25-2)21-22-19(15)20-13-5-3-4-11(6-13)10-23/h3-6,8-9,23H,7,10H2,1-2H3,(H2,20,21,22). The highest BCUT2D eigenvalue weighted by Gasteiger charge is 2.27. The summed E-state index contributed by atoms with van der Waals surface area (Å²) in [6.07, 6.45) is 0.767. The summed E-state index contributed by atoms with van der Waals surface area (Å²) in [5.41, 5.74) is 6.02. The highest BCUT2D eigenvalue weighted by molar-refractivity contribution is 5.81. The van der Waals surface area contributed by atoms with E-state index < -0.39 is 0 Å². The van der Waals surface area contributed by atoms with Crippen molar-refractivity contribution in [2.24, 2.45) is 0 Å². The largest absolute Gasteiger partial charge is 0.493 e. The third-order valence-corrected chi connectivity index (χ3v) is 4.48. The van der Waals surface area contributed by atoms with Gasteiger partial charge in [-0.25, -0.2) is 0 Å².